The van der Waals surface area contributed by atoms with E-state index in [1.165, 1.54) is 26.1 Å². The van der Waals surface area contributed by atoms with E-state index in [2.05, 4.69) is 31.4 Å². The van der Waals surface area contributed by atoms with Crippen LogP contribution in [-0.4, -0.2) is 30.3 Å². The molecule has 0 aromatic rings. The maximum atomic E-state index is 4.15. The van der Waals surface area contributed by atoms with Crippen LogP contribution < -0.4 is 0 Å². The van der Waals surface area contributed by atoms with Crippen molar-refractivity contribution in [1.29, 1.82) is 0 Å². The Bertz CT molecular complexity index is 57.6. The molecule has 0 rings (SSSR count). The predicted octanol–water partition coefficient (Wildman–Crippen LogP) is 2.07. The number of hydrogen-bond donors (Lipinski definition) is 1. The van der Waals surface area contributed by atoms with Crippen LogP contribution in [0.2, 0.25) is 0 Å². The minimum absolute atomic E-state index is 0. The second-order valence-electron chi connectivity index (χ2n) is 2.10. The normalized spacial score (nSPS) is 9.60. The summed E-state index contributed by atoms with van der Waals surface area (Å²) in [6.45, 7) is 7.94. The van der Waals surface area contributed by atoms with Gasteiger partial charge in [-0.2, -0.15) is 12.6 Å². The van der Waals surface area contributed by atoms with Gasteiger partial charge in [-0.3, -0.25) is 0 Å². The van der Waals surface area contributed by atoms with Crippen molar-refractivity contribution in [3.05, 3.63) is 0 Å². The molecule has 0 aliphatic carbocycles. The standard InChI is InChI=1S/C7H17NS.ClH/c1-3-8(4-2)6-5-7-9;/h9H,3-7H2,1-2H3;1H. The fourth-order valence-electron chi connectivity index (χ4n) is 0.834. The average Bonchev–Trinajstić information content (AvgIpc) is 1.91. The molecule has 0 aliphatic heterocycles. The molecule has 64 valence electrons. The van der Waals surface area contributed by atoms with Crippen LogP contribution in [0.4, 0.5) is 0 Å². The van der Waals surface area contributed by atoms with E-state index in [0.29, 0.717) is 0 Å². The smallest absolute Gasteiger partial charge is 0.00112 e. The van der Waals surface area contributed by atoms with E-state index in [9.17, 15) is 0 Å². The molecule has 0 fully saturated rings. The summed E-state index contributed by atoms with van der Waals surface area (Å²) < 4.78 is 0. The Morgan fingerprint density at radius 2 is 1.70 bits per heavy atom. The minimum atomic E-state index is 0. The summed E-state index contributed by atoms with van der Waals surface area (Å²) in [5.41, 5.74) is 0. The van der Waals surface area contributed by atoms with Crippen molar-refractivity contribution >= 4 is 25.0 Å². The lowest BCUT2D eigenvalue weighted by Gasteiger charge is -2.16. The minimum Gasteiger partial charge on any atom is -0.304 e. The van der Waals surface area contributed by atoms with Gasteiger partial charge in [-0.1, -0.05) is 13.8 Å². The summed E-state index contributed by atoms with van der Waals surface area (Å²) >= 11 is 4.15. The van der Waals surface area contributed by atoms with E-state index in [1.54, 1.807) is 0 Å². The Morgan fingerprint density at radius 1 is 1.20 bits per heavy atom. The van der Waals surface area contributed by atoms with E-state index in [-0.39, 0.29) is 12.4 Å². The third kappa shape index (κ3) is 6.72. The van der Waals surface area contributed by atoms with Crippen LogP contribution >= 0.6 is 25.0 Å². The fourth-order valence-corrected chi connectivity index (χ4v) is 0.976. The number of hydrogen-bond acceptors (Lipinski definition) is 2. The van der Waals surface area contributed by atoms with Crippen molar-refractivity contribution in [1.82, 2.24) is 4.90 Å². The van der Waals surface area contributed by atoms with Gasteiger partial charge in [-0.25, -0.2) is 0 Å². The van der Waals surface area contributed by atoms with E-state index >= 15 is 0 Å². The quantitative estimate of drug-likeness (QED) is 0.639. The Hall–Kier alpha value is 0.600. The molecular weight excluding hydrogens is 166 g/mol. The monoisotopic (exact) mass is 183 g/mol. The molecule has 0 saturated carbocycles. The molecule has 0 amide bonds. The molecule has 0 heterocycles. The second kappa shape index (κ2) is 9.60. The van der Waals surface area contributed by atoms with Crippen LogP contribution in [-0.2, 0) is 0 Å². The molecule has 0 aliphatic rings. The summed E-state index contributed by atoms with van der Waals surface area (Å²) in [5.74, 6) is 1.01. The number of rotatable bonds is 5. The van der Waals surface area contributed by atoms with Crippen LogP contribution in [0.25, 0.3) is 0 Å². The summed E-state index contributed by atoms with van der Waals surface area (Å²) in [7, 11) is 0. The molecule has 0 atom stereocenters. The first kappa shape index (κ1) is 13.2. The molecule has 0 bridgehead atoms. The van der Waals surface area contributed by atoms with E-state index < -0.39 is 0 Å². The number of thiol groups is 1. The Kier molecular flexibility index (Phi) is 12.7. The molecule has 0 aromatic heterocycles. The van der Waals surface area contributed by atoms with Crippen molar-refractivity contribution in [2.75, 3.05) is 25.4 Å². The second-order valence-corrected chi connectivity index (χ2v) is 2.55. The Balaban J connectivity index is 0. The van der Waals surface area contributed by atoms with Gasteiger partial charge in [0.1, 0.15) is 0 Å². The van der Waals surface area contributed by atoms with Crippen LogP contribution in [0.3, 0.4) is 0 Å². The van der Waals surface area contributed by atoms with Crippen molar-refractivity contribution in [3.8, 4) is 0 Å². The van der Waals surface area contributed by atoms with E-state index in [4.69, 9.17) is 0 Å². The van der Waals surface area contributed by atoms with Gasteiger partial charge >= 0.3 is 0 Å². The van der Waals surface area contributed by atoms with Crippen molar-refractivity contribution in [2.45, 2.75) is 20.3 Å². The summed E-state index contributed by atoms with van der Waals surface area (Å²) in [5, 5.41) is 0. The van der Waals surface area contributed by atoms with E-state index in [0.717, 1.165) is 5.75 Å². The maximum absolute atomic E-state index is 4.15. The maximum Gasteiger partial charge on any atom is -0.00112 e. The topological polar surface area (TPSA) is 3.24 Å². The van der Waals surface area contributed by atoms with Gasteiger partial charge in [0, 0.05) is 0 Å². The van der Waals surface area contributed by atoms with Gasteiger partial charge in [0.15, 0.2) is 0 Å². The van der Waals surface area contributed by atoms with Gasteiger partial charge < -0.3 is 4.90 Å². The van der Waals surface area contributed by atoms with Crippen molar-refractivity contribution in [2.24, 2.45) is 0 Å². The highest BCUT2D eigenvalue weighted by Crippen LogP contribution is 1.91. The first-order valence-electron chi connectivity index (χ1n) is 3.68. The first-order chi connectivity index (χ1) is 4.35. The summed E-state index contributed by atoms with van der Waals surface area (Å²) in [6.07, 6.45) is 1.21. The summed E-state index contributed by atoms with van der Waals surface area (Å²) in [6, 6.07) is 0. The van der Waals surface area contributed by atoms with Gasteiger partial charge in [-0.05, 0) is 31.8 Å². The first-order valence-corrected chi connectivity index (χ1v) is 4.31. The molecule has 3 heteroatoms. The van der Waals surface area contributed by atoms with Crippen LogP contribution in [0.15, 0.2) is 0 Å². The SMILES string of the molecule is CCN(CC)CCCS.Cl. The lowest BCUT2D eigenvalue weighted by Crippen LogP contribution is -2.24. The fraction of sp³-hybridized carbons (Fsp3) is 1.00. The molecular formula is C7H18ClNS. The highest BCUT2D eigenvalue weighted by Gasteiger charge is 1.94. The molecule has 0 saturated heterocycles. The molecule has 0 unspecified atom stereocenters. The number of nitrogens with zero attached hydrogens (tertiary/aromatic N) is 1. The van der Waals surface area contributed by atoms with Crippen molar-refractivity contribution in [3.63, 3.8) is 0 Å². The van der Waals surface area contributed by atoms with Crippen molar-refractivity contribution < 1.29 is 0 Å². The van der Waals surface area contributed by atoms with E-state index in [1.807, 2.05) is 0 Å². The van der Waals surface area contributed by atoms with Crippen LogP contribution in [0.1, 0.15) is 20.3 Å². The highest BCUT2D eigenvalue weighted by atomic mass is 35.5. The largest absolute Gasteiger partial charge is 0.304 e. The average molecular weight is 184 g/mol. The lowest BCUT2D eigenvalue weighted by molar-refractivity contribution is 0.305. The third-order valence-electron chi connectivity index (χ3n) is 1.53. The third-order valence-corrected chi connectivity index (χ3v) is 1.84. The molecule has 0 spiro atoms. The molecule has 10 heavy (non-hydrogen) atoms. The molecule has 0 N–H and O–H groups in total. The van der Waals surface area contributed by atoms with Gasteiger partial charge in [-0.15, -0.1) is 12.4 Å². The van der Waals surface area contributed by atoms with Gasteiger partial charge in [0.05, 0.1) is 0 Å². The zero-order chi connectivity index (χ0) is 7.11. The molecule has 0 radical (unpaired) electrons. The highest BCUT2D eigenvalue weighted by molar-refractivity contribution is 7.80. The lowest BCUT2D eigenvalue weighted by atomic mass is 10.4. The Labute approximate surface area is 76.0 Å². The zero-order valence-electron chi connectivity index (χ0n) is 6.84. The zero-order valence-corrected chi connectivity index (χ0v) is 8.55. The van der Waals surface area contributed by atoms with Gasteiger partial charge in [0.2, 0.25) is 0 Å². The molecule has 1 nitrogen and oxygen atoms in total. The number of halogens is 1. The van der Waals surface area contributed by atoms with Crippen LogP contribution in [0, 0.1) is 0 Å². The van der Waals surface area contributed by atoms with Gasteiger partial charge in [0.25, 0.3) is 0 Å². The Morgan fingerprint density at radius 3 is 2.00 bits per heavy atom. The van der Waals surface area contributed by atoms with Crippen LogP contribution in [0.5, 0.6) is 0 Å². The summed E-state index contributed by atoms with van der Waals surface area (Å²) in [4.78, 5) is 2.41. The predicted molar refractivity (Wildman–Crippen MR) is 53.5 cm³/mol. The molecule has 0 aromatic carbocycles.